The van der Waals surface area contributed by atoms with Crippen LogP contribution in [0.4, 0.5) is 0 Å². The average Bonchev–Trinajstić information content (AvgIpc) is 2.82. The molecular formula is C15H21NO3. The number of benzene rings is 1. The first-order valence-corrected chi connectivity index (χ1v) is 7.09. The van der Waals surface area contributed by atoms with Crippen LogP contribution in [0.25, 0.3) is 0 Å². The van der Waals surface area contributed by atoms with Crippen molar-refractivity contribution in [3.8, 4) is 11.5 Å². The van der Waals surface area contributed by atoms with Gasteiger partial charge in [0.05, 0.1) is 19.8 Å². The van der Waals surface area contributed by atoms with Crippen molar-refractivity contribution in [3.63, 3.8) is 0 Å². The van der Waals surface area contributed by atoms with Gasteiger partial charge in [0.1, 0.15) is 0 Å². The molecule has 0 spiro atoms. The highest BCUT2D eigenvalue weighted by atomic mass is 16.5. The van der Waals surface area contributed by atoms with E-state index in [9.17, 15) is 0 Å². The molecule has 2 heterocycles. The molecule has 104 valence electrons. The van der Waals surface area contributed by atoms with Gasteiger partial charge in [-0.15, -0.1) is 0 Å². The van der Waals surface area contributed by atoms with Crippen LogP contribution in [0, 0.1) is 5.92 Å². The Bertz CT molecular complexity index is 416. The number of nitrogens with one attached hydrogen (secondary N) is 1. The van der Waals surface area contributed by atoms with E-state index in [4.69, 9.17) is 14.2 Å². The first-order chi connectivity index (χ1) is 9.43. The van der Waals surface area contributed by atoms with Crippen molar-refractivity contribution in [1.82, 2.24) is 5.32 Å². The summed E-state index contributed by atoms with van der Waals surface area (Å²) in [6.45, 7) is 5.10. The Morgan fingerprint density at radius 3 is 3.00 bits per heavy atom. The molecule has 2 aliphatic rings. The van der Waals surface area contributed by atoms with Gasteiger partial charge in [0.15, 0.2) is 11.5 Å². The fourth-order valence-electron chi connectivity index (χ4n) is 2.55. The summed E-state index contributed by atoms with van der Waals surface area (Å²) in [5.41, 5.74) is 1.18. The maximum absolute atomic E-state index is 5.81. The molecular weight excluding hydrogens is 242 g/mol. The number of hydrogen-bond acceptors (Lipinski definition) is 4. The summed E-state index contributed by atoms with van der Waals surface area (Å²) >= 11 is 0. The van der Waals surface area contributed by atoms with Crippen LogP contribution >= 0.6 is 0 Å². The van der Waals surface area contributed by atoms with Crippen LogP contribution in [-0.4, -0.2) is 33.0 Å². The molecule has 4 heteroatoms. The van der Waals surface area contributed by atoms with E-state index in [1.54, 1.807) is 0 Å². The number of rotatable bonds is 4. The molecule has 4 nitrogen and oxygen atoms in total. The number of ether oxygens (including phenoxy) is 3. The van der Waals surface area contributed by atoms with E-state index in [-0.39, 0.29) is 0 Å². The van der Waals surface area contributed by atoms with Crippen molar-refractivity contribution in [2.24, 2.45) is 5.92 Å². The Labute approximate surface area is 114 Å². The van der Waals surface area contributed by atoms with Crippen molar-refractivity contribution in [1.29, 1.82) is 0 Å². The minimum Gasteiger partial charge on any atom is -0.490 e. The first kappa shape index (κ1) is 12.8. The monoisotopic (exact) mass is 263 g/mol. The Hall–Kier alpha value is -1.26. The highest BCUT2D eigenvalue weighted by molar-refractivity contribution is 5.47. The van der Waals surface area contributed by atoms with Gasteiger partial charge in [-0.25, -0.2) is 0 Å². The lowest BCUT2D eigenvalue weighted by Gasteiger charge is -2.14. The molecule has 1 aromatic rings. The summed E-state index contributed by atoms with van der Waals surface area (Å²) in [5.74, 6) is 2.44. The second kappa shape index (κ2) is 6.26. The van der Waals surface area contributed by atoms with E-state index in [1.807, 2.05) is 12.1 Å². The summed E-state index contributed by atoms with van der Waals surface area (Å²) in [6.07, 6.45) is 2.11. The SMILES string of the molecule is c1cc(CNCC2CCOC2)c2c(c1)OCCCO2. The summed E-state index contributed by atoms with van der Waals surface area (Å²) in [7, 11) is 0. The predicted octanol–water partition coefficient (Wildman–Crippen LogP) is 1.97. The predicted molar refractivity (Wildman–Crippen MR) is 72.7 cm³/mol. The lowest BCUT2D eigenvalue weighted by Crippen LogP contribution is -2.22. The molecule has 2 aliphatic heterocycles. The molecule has 0 amide bonds. The fourth-order valence-corrected chi connectivity index (χ4v) is 2.55. The maximum atomic E-state index is 5.81. The zero-order valence-electron chi connectivity index (χ0n) is 11.2. The third-order valence-electron chi connectivity index (χ3n) is 3.63. The maximum Gasteiger partial charge on any atom is 0.165 e. The van der Waals surface area contributed by atoms with Gasteiger partial charge in [-0.3, -0.25) is 0 Å². The molecule has 0 aliphatic carbocycles. The Morgan fingerprint density at radius 2 is 2.11 bits per heavy atom. The Morgan fingerprint density at radius 1 is 1.16 bits per heavy atom. The average molecular weight is 263 g/mol. The van der Waals surface area contributed by atoms with Crippen molar-refractivity contribution in [3.05, 3.63) is 23.8 Å². The molecule has 19 heavy (non-hydrogen) atoms. The summed E-state index contributed by atoms with van der Waals surface area (Å²) in [4.78, 5) is 0. The molecule has 1 N–H and O–H groups in total. The molecule has 1 aromatic carbocycles. The molecule has 0 saturated carbocycles. The van der Waals surface area contributed by atoms with Gasteiger partial charge in [-0.2, -0.15) is 0 Å². The molecule has 1 fully saturated rings. The highest BCUT2D eigenvalue weighted by Crippen LogP contribution is 2.33. The van der Waals surface area contributed by atoms with E-state index in [2.05, 4.69) is 11.4 Å². The minimum atomic E-state index is 0.652. The lowest BCUT2D eigenvalue weighted by molar-refractivity contribution is 0.185. The van der Waals surface area contributed by atoms with Gasteiger partial charge in [-0.05, 0) is 18.4 Å². The van der Waals surface area contributed by atoms with Crippen LogP contribution in [0.3, 0.4) is 0 Å². The molecule has 0 radical (unpaired) electrons. The molecule has 3 rings (SSSR count). The van der Waals surface area contributed by atoms with E-state index in [0.717, 1.165) is 57.4 Å². The van der Waals surface area contributed by atoms with Crippen LogP contribution < -0.4 is 14.8 Å². The first-order valence-electron chi connectivity index (χ1n) is 7.09. The lowest BCUT2D eigenvalue weighted by atomic mass is 10.1. The zero-order valence-corrected chi connectivity index (χ0v) is 11.2. The van der Waals surface area contributed by atoms with Gasteiger partial charge in [0, 0.05) is 31.7 Å². The molecule has 1 atom stereocenters. The van der Waals surface area contributed by atoms with Crippen LogP contribution in [-0.2, 0) is 11.3 Å². The Balaban J connectivity index is 1.60. The van der Waals surface area contributed by atoms with E-state index in [1.165, 1.54) is 12.0 Å². The quantitative estimate of drug-likeness (QED) is 0.901. The number of hydrogen-bond donors (Lipinski definition) is 1. The van der Waals surface area contributed by atoms with E-state index < -0.39 is 0 Å². The van der Waals surface area contributed by atoms with Gasteiger partial charge >= 0.3 is 0 Å². The van der Waals surface area contributed by atoms with Crippen molar-refractivity contribution >= 4 is 0 Å². The molecule has 1 unspecified atom stereocenters. The van der Waals surface area contributed by atoms with Crippen LogP contribution in [0.15, 0.2) is 18.2 Å². The highest BCUT2D eigenvalue weighted by Gasteiger charge is 2.17. The van der Waals surface area contributed by atoms with Gasteiger partial charge in [-0.1, -0.05) is 12.1 Å². The summed E-state index contributed by atoms with van der Waals surface area (Å²) in [5, 5.41) is 3.50. The van der Waals surface area contributed by atoms with Gasteiger partial charge in [0.25, 0.3) is 0 Å². The third-order valence-corrected chi connectivity index (χ3v) is 3.63. The Kier molecular flexibility index (Phi) is 4.20. The second-order valence-electron chi connectivity index (χ2n) is 5.16. The molecule has 0 bridgehead atoms. The second-order valence-corrected chi connectivity index (χ2v) is 5.16. The van der Waals surface area contributed by atoms with Crippen molar-refractivity contribution < 1.29 is 14.2 Å². The topological polar surface area (TPSA) is 39.7 Å². The van der Waals surface area contributed by atoms with Gasteiger partial charge < -0.3 is 19.5 Å². The largest absolute Gasteiger partial charge is 0.490 e. The number of fused-ring (bicyclic) bond motifs is 1. The summed E-state index contributed by atoms with van der Waals surface area (Å²) < 4.78 is 16.9. The minimum absolute atomic E-state index is 0.652. The van der Waals surface area contributed by atoms with Crippen molar-refractivity contribution in [2.75, 3.05) is 33.0 Å². The van der Waals surface area contributed by atoms with Crippen LogP contribution in [0.5, 0.6) is 11.5 Å². The summed E-state index contributed by atoms with van der Waals surface area (Å²) in [6, 6.07) is 6.11. The van der Waals surface area contributed by atoms with E-state index in [0.29, 0.717) is 5.92 Å². The fraction of sp³-hybridized carbons (Fsp3) is 0.600. The third kappa shape index (κ3) is 3.19. The zero-order chi connectivity index (χ0) is 12.9. The normalized spacial score (nSPS) is 22.2. The van der Waals surface area contributed by atoms with Crippen LogP contribution in [0.1, 0.15) is 18.4 Å². The van der Waals surface area contributed by atoms with Crippen molar-refractivity contribution in [2.45, 2.75) is 19.4 Å². The smallest absolute Gasteiger partial charge is 0.165 e. The number of para-hydroxylation sites is 1. The van der Waals surface area contributed by atoms with Crippen LogP contribution in [0.2, 0.25) is 0 Å². The molecule has 0 aromatic heterocycles. The van der Waals surface area contributed by atoms with Gasteiger partial charge in [0.2, 0.25) is 0 Å². The standard InChI is InChI=1S/C15H21NO3/c1-3-13(10-16-9-12-5-8-17-11-12)15-14(4-1)18-6-2-7-19-15/h1,3-4,12,16H,2,5-11H2. The molecule has 1 saturated heterocycles. The van der Waals surface area contributed by atoms with E-state index >= 15 is 0 Å².